The van der Waals surface area contributed by atoms with Crippen LogP contribution in [0.15, 0.2) is 24.3 Å². The van der Waals surface area contributed by atoms with Crippen molar-refractivity contribution in [2.75, 3.05) is 5.73 Å². The van der Waals surface area contributed by atoms with E-state index in [1.165, 1.54) is 10.9 Å². The smallest absolute Gasteiger partial charge is 0.0344 e. The molecule has 2 aromatic rings. The van der Waals surface area contributed by atoms with E-state index in [-0.39, 0.29) is 0 Å². The molecule has 0 fully saturated rings. The Morgan fingerprint density at radius 2 is 2.17 bits per heavy atom. The van der Waals surface area contributed by atoms with Crippen LogP contribution >= 0.6 is 0 Å². The molecule has 0 aromatic heterocycles. The highest BCUT2D eigenvalue weighted by molar-refractivity contribution is 5.86. The lowest BCUT2D eigenvalue weighted by Crippen LogP contribution is -1.83. The Balaban J connectivity index is 2.86. The van der Waals surface area contributed by atoms with Crippen molar-refractivity contribution in [1.82, 2.24) is 0 Å². The Morgan fingerprint density at radius 1 is 1.33 bits per heavy atom. The monoisotopic (exact) mass is 155 g/mol. The fourth-order valence-electron chi connectivity index (χ4n) is 1.31. The van der Waals surface area contributed by atoms with Crippen LogP contribution in [-0.2, 0) is 0 Å². The molecular formula is C11H9N. The minimum absolute atomic E-state index is 0.776. The lowest BCUT2D eigenvalue weighted by atomic mass is 10.1. The third-order valence-electron chi connectivity index (χ3n) is 1.96. The second kappa shape index (κ2) is 2.42. The maximum atomic E-state index is 5.64. The van der Waals surface area contributed by atoms with Crippen molar-refractivity contribution in [3.63, 3.8) is 0 Å². The van der Waals surface area contributed by atoms with Crippen LogP contribution in [0.3, 0.4) is 0 Å². The molecule has 2 N–H and O–H groups in total. The van der Waals surface area contributed by atoms with E-state index in [2.05, 4.69) is 19.1 Å². The van der Waals surface area contributed by atoms with Crippen molar-refractivity contribution in [3.8, 4) is 0 Å². The van der Waals surface area contributed by atoms with Gasteiger partial charge in [0.05, 0.1) is 0 Å². The van der Waals surface area contributed by atoms with Gasteiger partial charge >= 0.3 is 0 Å². The average molecular weight is 155 g/mol. The van der Waals surface area contributed by atoms with Gasteiger partial charge in [-0.3, -0.25) is 0 Å². The van der Waals surface area contributed by atoms with E-state index in [4.69, 9.17) is 5.73 Å². The van der Waals surface area contributed by atoms with Crippen molar-refractivity contribution >= 4 is 16.5 Å². The molecule has 0 spiro atoms. The van der Waals surface area contributed by atoms with Gasteiger partial charge in [0.25, 0.3) is 0 Å². The van der Waals surface area contributed by atoms with Gasteiger partial charge in [0, 0.05) is 11.1 Å². The zero-order chi connectivity index (χ0) is 8.55. The number of nitrogens with two attached hydrogens (primary N) is 1. The van der Waals surface area contributed by atoms with E-state index in [1.807, 2.05) is 24.3 Å². The van der Waals surface area contributed by atoms with Gasteiger partial charge in [0.2, 0.25) is 0 Å². The molecule has 0 radical (unpaired) electrons. The van der Waals surface area contributed by atoms with Crippen molar-refractivity contribution in [2.24, 2.45) is 0 Å². The number of hydrogen-bond acceptors (Lipinski definition) is 1. The second-order valence-electron chi connectivity index (χ2n) is 2.90. The maximum Gasteiger partial charge on any atom is 0.0344 e. The number of hydrogen-bond donors (Lipinski definition) is 1. The number of aryl methyl sites for hydroxylation is 1. The Kier molecular flexibility index (Phi) is 1.41. The first-order valence-corrected chi connectivity index (χ1v) is 3.85. The molecule has 0 heterocycles. The predicted octanol–water partition coefficient (Wildman–Crippen LogP) is 2.33. The molecule has 12 heavy (non-hydrogen) atoms. The van der Waals surface area contributed by atoms with E-state index in [1.54, 1.807) is 0 Å². The largest absolute Gasteiger partial charge is 0.399 e. The second-order valence-corrected chi connectivity index (χ2v) is 2.90. The average Bonchev–Trinajstić information content (AvgIpc) is 2.04. The third-order valence-corrected chi connectivity index (χ3v) is 1.96. The minimum atomic E-state index is 0.776. The molecule has 0 saturated carbocycles. The fourth-order valence-corrected chi connectivity index (χ4v) is 1.31. The van der Waals surface area contributed by atoms with Gasteiger partial charge in [-0.15, -0.1) is 0 Å². The van der Waals surface area contributed by atoms with Crippen molar-refractivity contribution in [1.29, 1.82) is 0 Å². The highest BCUT2D eigenvalue weighted by atomic mass is 14.5. The molecule has 0 unspecified atom stereocenters. The maximum absolute atomic E-state index is 5.64. The molecule has 0 amide bonds. The molecule has 1 nitrogen and oxygen atoms in total. The van der Waals surface area contributed by atoms with Crippen LogP contribution in [0.5, 0.6) is 0 Å². The highest BCUT2D eigenvalue weighted by Crippen LogP contribution is 2.17. The van der Waals surface area contributed by atoms with Crippen LogP contribution in [0.25, 0.3) is 10.8 Å². The van der Waals surface area contributed by atoms with Crippen LogP contribution in [0.2, 0.25) is 0 Å². The third kappa shape index (κ3) is 0.981. The lowest BCUT2D eigenvalue weighted by molar-refractivity contribution is 1.54. The molecule has 0 atom stereocenters. The molecule has 0 bridgehead atoms. The minimum Gasteiger partial charge on any atom is -0.399 e. The van der Waals surface area contributed by atoms with Gasteiger partial charge in [-0.1, -0.05) is 18.2 Å². The number of fused-ring (bicyclic) bond motifs is 1. The molecule has 2 rings (SSSR count). The van der Waals surface area contributed by atoms with Crippen LogP contribution in [0.1, 0.15) is 5.56 Å². The SMILES string of the molecule is Cc1cc#cc2cc(N)ccc12. The number of benzene rings is 1. The summed E-state index contributed by atoms with van der Waals surface area (Å²) < 4.78 is 0. The van der Waals surface area contributed by atoms with Gasteiger partial charge in [0.15, 0.2) is 0 Å². The van der Waals surface area contributed by atoms with Gasteiger partial charge < -0.3 is 5.73 Å². The summed E-state index contributed by atoms with van der Waals surface area (Å²) in [7, 11) is 0. The Bertz CT molecular complexity index is 418. The van der Waals surface area contributed by atoms with E-state index in [0.717, 1.165) is 11.1 Å². The molecule has 0 aliphatic carbocycles. The van der Waals surface area contributed by atoms with Crippen molar-refractivity contribution in [3.05, 3.63) is 42.0 Å². The van der Waals surface area contributed by atoms with Gasteiger partial charge in [-0.2, -0.15) is 0 Å². The predicted molar refractivity (Wildman–Crippen MR) is 50.8 cm³/mol. The van der Waals surface area contributed by atoms with Gasteiger partial charge in [-0.05, 0) is 36.1 Å². The summed E-state index contributed by atoms with van der Waals surface area (Å²) >= 11 is 0. The first-order chi connectivity index (χ1) is 5.77. The summed E-state index contributed by atoms with van der Waals surface area (Å²) in [6, 6.07) is 13.7. The molecular weight excluding hydrogens is 146 g/mol. The van der Waals surface area contributed by atoms with E-state index in [9.17, 15) is 0 Å². The topological polar surface area (TPSA) is 26.0 Å². The summed E-state index contributed by atoms with van der Waals surface area (Å²) in [5.41, 5.74) is 7.63. The molecule has 1 heteroatoms. The summed E-state index contributed by atoms with van der Waals surface area (Å²) in [5.74, 6) is 0. The van der Waals surface area contributed by atoms with Crippen LogP contribution in [0.4, 0.5) is 5.69 Å². The highest BCUT2D eigenvalue weighted by Gasteiger charge is 1.94. The number of anilines is 1. The summed E-state index contributed by atoms with van der Waals surface area (Å²) in [6.07, 6.45) is 0. The van der Waals surface area contributed by atoms with Crippen LogP contribution in [-0.4, -0.2) is 0 Å². The lowest BCUT2D eigenvalue weighted by Gasteiger charge is -1.98. The van der Waals surface area contributed by atoms with Gasteiger partial charge in [-0.25, -0.2) is 0 Å². The van der Waals surface area contributed by atoms with E-state index in [0.29, 0.717) is 0 Å². The molecule has 58 valence electrons. The fraction of sp³-hybridized carbons (Fsp3) is 0.0909. The zero-order valence-corrected chi connectivity index (χ0v) is 6.89. The first kappa shape index (κ1) is 7.00. The van der Waals surface area contributed by atoms with E-state index >= 15 is 0 Å². The zero-order valence-electron chi connectivity index (χ0n) is 6.89. The Labute approximate surface area is 71.8 Å². The van der Waals surface area contributed by atoms with Crippen LogP contribution < -0.4 is 5.73 Å². The Morgan fingerprint density at radius 3 is 3.00 bits per heavy atom. The first-order valence-electron chi connectivity index (χ1n) is 3.85. The normalized spacial score (nSPS) is 9.75. The van der Waals surface area contributed by atoms with Crippen molar-refractivity contribution < 1.29 is 0 Å². The number of rotatable bonds is 0. The molecule has 0 aliphatic rings. The van der Waals surface area contributed by atoms with Crippen molar-refractivity contribution in [2.45, 2.75) is 6.92 Å². The standard InChI is InChI=1S/C11H9N/c1-8-3-2-4-9-7-10(12)5-6-11(8)9/h3,5-7H,12H2,1H3. The molecule has 2 aromatic carbocycles. The molecule has 0 saturated heterocycles. The van der Waals surface area contributed by atoms with Gasteiger partial charge in [0.1, 0.15) is 0 Å². The van der Waals surface area contributed by atoms with Crippen LogP contribution in [0, 0.1) is 19.1 Å². The summed E-state index contributed by atoms with van der Waals surface area (Å²) in [6.45, 7) is 2.06. The quantitative estimate of drug-likeness (QED) is 0.580. The molecule has 0 aliphatic heterocycles. The Hall–Kier alpha value is -1.68. The number of nitrogen functional groups attached to an aromatic ring is 1. The van der Waals surface area contributed by atoms with E-state index < -0.39 is 0 Å². The summed E-state index contributed by atoms with van der Waals surface area (Å²) in [4.78, 5) is 0. The summed E-state index contributed by atoms with van der Waals surface area (Å²) in [5, 5.41) is 2.23.